The first kappa shape index (κ1) is 13.5. The minimum atomic E-state index is -2.62. The Hall–Kier alpha value is -2.50. The molecular formula is C15H12F2N2O2. The van der Waals surface area contributed by atoms with Gasteiger partial charge in [0.1, 0.15) is 5.75 Å². The Morgan fingerprint density at radius 2 is 1.90 bits per heavy atom. The molecule has 0 unspecified atom stereocenters. The summed E-state index contributed by atoms with van der Waals surface area (Å²) in [5.74, 6) is 0.685. The second kappa shape index (κ2) is 5.12. The third-order valence-corrected chi connectivity index (χ3v) is 3.27. The van der Waals surface area contributed by atoms with Crippen molar-refractivity contribution in [3.05, 3.63) is 41.6 Å². The van der Waals surface area contributed by atoms with Crippen LogP contribution < -0.4 is 4.74 Å². The third-order valence-electron chi connectivity index (χ3n) is 3.27. The lowest BCUT2D eigenvalue weighted by Gasteiger charge is -2.06. The first-order valence-electron chi connectivity index (χ1n) is 6.29. The Balaban J connectivity index is 2.18. The number of aryl methyl sites for hydroxylation is 1. The normalized spacial score (nSPS) is 11.3. The van der Waals surface area contributed by atoms with Crippen LogP contribution in [0, 0.1) is 6.92 Å². The molecule has 0 radical (unpaired) electrons. The molecule has 3 rings (SSSR count). The number of halogens is 2. The van der Waals surface area contributed by atoms with E-state index in [4.69, 9.17) is 9.26 Å². The molecule has 0 aliphatic heterocycles. The zero-order valence-electron chi connectivity index (χ0n) is 11.4. The van der Waals surface area contributed by atoms with Crippen molar-refractivity contribution in [3.8, 4) is 17.0 Å². The molecule has 6 heteroatoms. The van der Waals surface area contributed by atoms with Crippen LogP contribution in [-0.2, 0) is 0 Å². The Kier molecular flexibility index (Phi) is 3.29. The van der Waals surface area contributed by atoms with Crippen molar-refractivity contribution >= 4 is 11.1 Å². The first-order chi connectivity index (χ1) is 10.1. The molecular weight excluding hydrogens is 278 g/mol. The molecule has 2 aromatic heterocycles. The van der Waals surface area contributed by atoms with Crippen LogP contribution in [0.3, 0.4) is 0 Å². The zero-order valence-corrected chi connectivity index (χ0v) is 11.4. The Morgan fingerprint density at radius 3 is 2.52 bits per heavy atom. The number of fused-ring (bicyclic) bond motifs is 1. The van der Waals surface area contributed by atoms with E-state index in [1.165, 1.54) is 6.07 Å². The van der Waals surface area contributed by atoms with Gasteiger partial charge < -0.3 is 9.26 Å². The van der Waals surface area contributed by atoms with Crippen molar-refractivity contribution in [1.29, 1.82) is 0 Å². The molecule has 0 atom stereocenters. The van der Waals surface area contributed by atoms with Crippen LogP contribution in [0.5, 0.6) is 5.75 Å². The number of nitrogens with zero attached hydrogens (tertiary/aromatic N) is 2. The molecule has 0 N–H and O–H groups in total. The van der Waals surface area contributed by atoms with Gasteiger partial charge in [0.25, 0.3) is 12.1 Å². The molecule has 0 saturated heterocycles. The van der Waals surface area contributed by atoms with Gasteiger partial charge in [0, 0.05) is 11.1 Å². The fourth-order valence-corrected chi connectivity index (χ4v) is 2.21. The van der Waals surface area contributed by atoms with Crippen LogP contribution in [0.25, 0.3) is 22.4 Å². The van der Waals surface area contributed by atoms with Gasteiger partial charge in [-0.15, -0.1) is 0 Å². The molecule has 108 valence electrons. The molecule has 0 aliphatic carbocycles. The van der Waals surface area contributed by atoms with E-state index in [0.717, 1.165) is 0 Å². The number of rotatable bonds is 3. The van der Waals surface area contributed by atoms with Gasteiger partial charge >= 0.3 is 0 Å². The number of hydrogen-bond acceptors (Lipinski definition) is 4. The highest BCUT2D eigenvalue weighted by molar-refractivity contribution is 5.83. The summed E-state index contributed by atoms with van der Waals surface area (Å²) in [6, 6.07) is 8.37. The van der Waals surface area contributed by atoms with Gasteiger partial charge in [0.15, 0.2) is 0 Å². The molecule has 0 saturated carbocycles. The molecule has 0 bridgehead atoms. The minimum absolute atomic E-state index is 0.121. The molecule has 3 aromatic rings. The second-order valence-electron chi connectivity index (χ2n) is 4.57. The third kappa shape index (κ3) is 2.33. The average Bonchev–Trinajstić information content (AvgIpc) is 2.88. The summed E-state index contributed by atoms with van der Waals surface area (Å²) >= 11 is 0. The zero-order chi connectivity index (χ0) is 15.0. The highest BCUT2D eigenvalue weighted by Gasteiger charge is 2.20. The highest BCUT2D eigenvalue weighted by Crippen LogP contribution is 2.33. The van der Waals surface area contributed by atoms with Crippen LogP contribution in [-0.4, -0.2) is 17.3 Å². The molecule has 0 aliphatic rings. The van der Waals surface area contributed by atoms with E-state index in [1.54, 1.807) is 38.3 Å². The standard InChI is InChI=1S/C15H12F2N2O2/c1-8-13-11(14(16)17)7-12(18-15(13)21-19-8)9-3-5-10(20-2)6-4-9/h3-7,14H,1-2H3. The topological polar surface area (TPSA) is 48.2 Å². The predicted octanol–water partition coefficient (Wildman–Crippen LogP) is 4.14. The maximum absolute atomic E-state index is 13.3. The highest BCUT2D eigenvalue weighted by atomic mass is 19.3. The number of methoxy groups -OCH3 is 1. The van der Waals surface area contributed by atoms with E-state index in [-0.39, 0.29) is 16.7 Å². The van der Waals surface area contributed by atoms with Crippen LogP contribution >= 0.6 is 0 Å². The van der Waals surface area contributed by atoms with E-state index >= 15 is 0 Å². The lowest BCUT2D eigenvalue weighted by molar-refractivity contribution is 0.153. The first-order valence-corrected chi connectivity index (χ1v) is 6.29. The summed E-state index contributed by atoms with van der Waals surface area (Å²) in [5, 5.41) is 3.99. The Bertz CT molecular complexity index is 782. The van der Waals surface area contributed by atoms with Gasteiger partial charge in [0.2, 0.25) is 0 Å². The number of alkyl halides is 2. The smallest absolute Gasteiger partial charge is 0.264 e. The SMILES string of the molecule is COc1ccc(-c2cc(C(F)F)c3c(C)noc3n2)cc1. The number of benzene rings is 1. The van der Waals surface area contributed by atoms with Gasteiger partial charge in [0.05, 0.1) is 23.9 Å². The molecule has 0 amide bonds. The van der Waals surface area contributed by atoms with Crippen molar-refractivity contribution in [2.45, 2.75) is 13.3 Å². The quantitative estimate of drug-likeness (QED) is 0.727. The summed E-state index contributed by atoms with van der Waals surface area (Å²) in [6.45, 7) is 1.62. The lowest BCUT2D eigenvalue weighted by atomic mass is 10.1. The van der Waals surface area contributed by atoms with Gasteiger partial charge in [-0.05, 0) is 37.3 Å². The van der Waals surface area contributed by atoms with E-state index in [0.29, 0.717) is 22.7 Å². The summed E-state index contributed by atoms with van der Waals surface area (Å²) in [4.78, 5) is 4.26. The number of hydrogen-bond donors (Lipinski definition) is 0. The van der Waals surface area contributed by atoms with Crippen molar-refractivity contribution < 1.29 is 18.0 Å². The van der Waals surface area contributed by atoms with Crippen molar-refractivity contribution in [2.75, 3.05) is 7.11 Å². The van der Waals surface area contributed by atoms with Crippen molar-refractivity contribution in [3.63, 3.8) is 0 Å². The van der Waals surface area contributed by atoms with Crippen molar-refractivity contribution in [1.82, 2.24) is 10.1 Å². The van der Waals surface area contributed by atoms with E-state index in [1.807, 2.05) is 0 Å². The van der Waals surface area contributed by atoms with E-state index in [9.17, 15) is 8.78 Å². The summed E-state index contributed by atoms with van der Waals surface area (Å²) in [5.41, 5.74) is 1.53. The lowest BCUT2D eigenvalue weighted by Crippen LogP contribution is -1.92. The number of pyridine rings is 1. The molecule has 21 heavy (non-hydrogen) atoms. The minimum Gasteiger partial charge on any atom is -0.497 e. The van der Waals surface area contributed by atoms with Gasteiger partial charge in [-0.3, -0.25) is 0 Å². The molecule has 1 aromatic carbocycles. The molecule has 0 fully saturated rings. The van der Waals surface area contributed by atoms with Crippen molar-refractivity contribution in [2.24, 2.45) is 0 Å². The molecule has 2 heterocycles. The van der Waals surface area contributed by atoms with Crippen LogP contribution in [0.15, 0.2) is 34.9 Å². The number of ether oxygens (including phenoxy) is 1. The predicted molar refractivity (Wildman–Crippen MR) is 73.5 cm³/mol. The second-order valence-corrected chi connectivity index (χ2v) is 4.57. The maximum Gasteiger partial charge on any atom is 0.264 e. The van der Waals surface area contributed by atoms with E-state index < -0.39 is 6.43 Å². The van der Waals surface area contributed by atoms with Gasteiger partial charge in [-0.25, -0.2) is 13.8 Å². The number of aromatic nitrogens is 2. The molecule has 0 spiro atoms. The van der Waals surface area contributed by atoms with Crippen LogP contribution in [0.2, 0.25) is 0 Å². The van der Waals surface area contributed by atoms with Crippen LogP contribution in [0.4, 0.5) is 8.78 Å². The fraction of sp³-hybridized carbons (Fsp3) is 0.200. The summed E-state index contributed by atoms with van der Waals surface area (Å²) in [6.07, 6.45) is -2.62. The van der Waals surface area contributed by atoms with Gasteiger partial charge in [-0.1, -0.05) is 5.16 Å². The summed E-state index contributed by atoms with van der Waals surface area (Å²) in [7, 11) is 1.56. The largest absolute Gasteiger partial charge is 0.497 e. The van der Waals surface area contributed by atoms with Crippen LogP contribution in [0.1, 0.15) is 17.7 Å². The Labute approximate surface area is 119 Å². The molecule has 4 nitrogen and oxygen atoms in total. The fourth-order valence-electron chi connectivity index (χ4n) is 2.21. The van der Waals surface area contributed by atoms with Gasteiger partial charge in [-0.2, -0.15) is 0 Å². The monoisotopic (exact) mass is 290 g/mol. The maximum atomic E-state index is 13.3. The Morgan fingerprint density at radius 1 is 1.19 bits per heavy atom. The summed E-state index contributed by atoms with van der Waals surface area (Å²) < 4.78 is 36.6. The van der Waals surface area contributed by atoms with E-state index in [2.05, 4.69) is 10.1 Å². The average molecular weight is 290 g/mol.